The Hall–Kier alpha value is -1.63. The molecule has 126 valence electrons. The highest BCUT2D eigenvalue weighted by Gasteiger charge is 2.12. The van der Waals surface area contributed by atoms with Gasteiger partial charge in [0.1, 0.15) is 6.54 Å². The molecule has 0 saturated heterocycles. The molecule has 0 atom stereocenters. The molecule has 2 aromatic rings. The minimum atomic E-state index is -0.188. The molecule has 0 unspecified atom stereocenters. The molecule has 0 aliphatic heterocycles. The summed E-state index contributed by atoms with van der Waals surface area (Å²) < 4.78 is 1.52. The van der Waals surface area contributed by atoms with E-state index in [0.29, 0.717) is 6.54 Å². The van der Waals surface area contributed by atoms with Crippen molar-refractivity contribution in [3.63, 3.8) is 0 Å². The maximum atomic E-state index is 12.2. The molecule has 2 N–H and O–H groups in total. The van der Waals surface area contributed by atoms with Crippen molar-refractivity contribution in [2.75, 3.05) is 11.9 Å². The molecule has 2 rings (SSSR count). The van der Waals surface area contributed by atoms with Gasteiger partial charge in [-0.1, -0.05) is 36.5 Å². The van der Waals surface area contributed by atoms with Crippen molar-refractivity contribution in [3.8, 4) is 0 Å². The monoisotopic (exact) mass is 355 g/mol. The number of aromatic nitrogens is 1. The van der Waals surface area contributed by atoms with Crippen molar-refractivity contribution in [1.29, 1.82) is 0 Å². The van der Waals surface area contributed by atoms with E-state index in [1.54, 1.807) is 0 Å². The van der Waals surface area contributed by atoms with E-state index in [0.717, 1.165) is 28.4 Å². The van der Waals surface area contributed by atoms with Crippen LogP contribution in [0, 0.1) is 13.8 Å². The summed E-state index contributed by atoms with van der Waals surface area (Å²) in [6.07, 6.45) is 0. The number of aryl methyl sites for hydroxylation is 1. The van der Waals surface area contributed by atoms with Crippen molar-refractivity contribution >= 4 is 35.3 Å². The number of benzene rings is 1. The van der Waals surface area contributed by atoms with E-state index in [9.17, 15) is 9.59 Å². The fraction of sp³-hybridized carbons (Fsp3) is 0.375. The first-order valence-electron chi connectivity index (χ1n) is 7.28. The standard InChI is InChI=1S/C16H21N3O2S.ClH/c1-4-17-9-13-7-5-6-8-14(13)18-15(20)10-19-11(2)12(3)22-16(19)21;/h5-8,17H,4,9-10H2,1-3H3,(H,18,20);1H. The molecular weight excluding hydrogens is 334 g/mol. The van der Waals surface area contributed by atoms with Gasteiger partial charge < -0.3 is 10.6 Å². The molecule has 7 heteroatoms. The van der Waals surface area contributed by atoms with Crippen LogP contribution in [0.25, 0.3) is 0 Å². The average Bonchev–Trinajstić information content (AvgIpc) is 2.73. The Kier molecular flexibility index (Phi) is 7.48. The molecule has 1 aromatic carbocycles. The quantitative estimate of drug-likeness (QED) is 0.837. The molecule has 0 aliphatic carbocycles. The van der Waals surface area contributed by atoms with Gasteiger partial charge in [0, 0.05) is 22.8 Å². The van der Waals surface area contributed by atoms with Gasteiger partial charge in [-0.25, -0.2) is 0 Å². The number of para-hydroxylation sites is 1. The smallest absolute Gasteiger partial charge is 0.308 e. The fourth-order valence-corrected chi connectivity index (χ4v) is 2.99. The van der Waals surface area contributed by atoms with Gasteiger partial charge >= 0.3 is 4.87 Å². The van der Waals surface area contributed by atoms with Crippen LogP contribution in [-0.2, 0) is 17.9 Å². The van der Waals surface area contributed by atoms with E-state index in [-0.39, 0.29) is 29.7 Å². The van der Waals surface area contributed by atoms with Gasteiger partial charge in [0.15, 0.2) is 0 Å². The third-order valence-corrected chi connectivity index (χ3v) is 4.53. The van der Waals surface area contributed by atoms with Gasteiger partial charge in [-0.3, -0.25) is 14.2 Å². The summed E-state index contributed by atoms with van der Waals surface area (Å²) in [4.78, 5) is 24.9. The number of anilines is 1. The zero-order valence-electron chi connectivity index (χ0n) is 13.5. The van der Waals surface area contributed by atoms with Crippen LogP contribution in [-0.4, -0.2) is 17.0 Å². The van der Waals surface area contributed by atoms with E-state index in [2.05, 4.69) is 10.6 Å². The summed E-state index contributed by atoms with van der Waals surface area (Å²) in [7, 11) is 0. The molecule has 0 aliphatic rings. The molecule has 0 bridgehead atoms. The maximum absolute atomic E-state index is 12.2. The Morgan fingerprint density at radius 3 is 2.57 bits per heavy atom. The van der Waals surface area contributed by atoms with Crippen LogP contribution in [0.4, 0.5) is 5.69 Å². The molecule has 0 fully saturated rings. The summed E-state index contributed by atoms with van der Waals surface area (Å²) in [6, 6.07) is 7.68. The third-order valence-electron chi connectivity index (χ3n) is 3.53. The largest absolute Gasteiger partial charge is 0.324 e. The SMILES string of the molecule is CCNCc1ccccc1NC(=O)Cn1c(C)c(C)sc1=O.Cl. The topological polar surface area (TPSA) is 63.1 Å². The number of halogens is 1. The van der Waals surface area contributed by atoms with Crippen LogP contribution in [0.15, 0.2) is 29.1 Å². The van der Waals surface area contributed by atoms with Crippen LogP contribution in [0.5, 0.6) is 0 Å². The Labute approximate surface area is 146 Å². The van der Waals surface area contributed by atoms with Crippen molar-refractivity contribution in [1.82, 2.24) is 9.88 Å². The Morgan fingerprint density at radius 1 is 1.26 bits per heavy atom. The van der Waals surface area contributed by atoms with Gasteiger partial charge in [0.2, 0.25) is 5.91 Å². The second-order valence-electron chi connectivity index (χ2n) is 5.08. The minimum absolute atomic E-state index is 0. The highest BCUT2D eigenvalue weighted by atomic mass is 35.5. The number of rotatable bonds is 6. The Balaban J connectivity index is 0.00000264. The lowest BCUT2D eigenvalue weighted by atomic mass is 10.1. The molecule has 1 aromatic heterocycles. The van der Waals surface area contributed by atoms with Crippen LogP contribution in [0.1, 0.15) is 23.1 Å². The highest BCUT2D eigenvalue weighted by molar-refractivity contribution is 7.09. The molecule has 5 nitrogen and oxygen atoms in total. The summed E-state index contributed by atoms with van der Waals surface area (Å²) >= 11 is 1.18. The van der Waals surface area contributed by atoms with Crippen molar-refractivity contribution < 1.29 is 4.79 Å². The number of carbonyl (C=O) groups is 1. The number of amides is 1. The predicted molar refractivity (Wildman–Crippen MR) is 97.8 cm³/mol. The predicted octanol–water partition coefficient (Wildman–Crippen LogP) is 2.70. The minimum Gasteiger partial charge on any atom is -0.324 e. The molecule has 23 heavy (non-hydrogen) atoms. The van der Waals surface area contributed by atoms with E-state index in [1.165, 1.54) is 15.9 Å². The van der Waals surface area contributed by atoms with Gasteiger partial charge in [-0.2, -0.15) is 0 Å². The number of thiazole rings is 1. The summed E-state index contributed by atoms with van der Waals surface area (Å²) in [6.45, 7) is 7.40. The number of carbonyl (C=O) groups excluding carboxylic acids is 1. The van der Waals surface area contributed by atoms with E-state index < -0.39 is 0 Å². The second-order valence-corrected chi connectivity index (χ2v) is 6.25. The number of hydrogen-bond donors (Lipinski definition) is 2. The third kappa shape index (κ3) is 4.92. The fourth-order valence-electron chi connectivity index (χ4n) is 2.16. The lowest BCUT2D eigenvalue weighted by Gasteiger charge is -2.12. The van der Waals surface area contributed by atoms with Crippen LogP contribution in [0.2, 0.25) is 0 Å². The molecule has 0 saturated carbocycles. The zero-order valence-corrected chi connectivity index (χ0v) is 15.1. The lowest BCUT2D eigenvalue weighted by molar-refractivity contribution is -0.116. The molecule has 1 heterocycles. The summed E-state index contributed by atoms with van der Waals surface area (Å²) in [5.74, 6) is -0.188. The van der Waals surface area contributed by atoms with Gasteiger partial charge in [-0.15, -0.1) is 12.4 Å². The van der Waals surface area contributed by atoms with Crippen LogP contribution in [0.3, 0.4) is 0 Å². The normalized spacial score (nSPS) is 10.2. The second kappa shape index (κ2) is 8.86. The van der Waals surface area contributed by atoms with Crippen molar-refractivity contribution in [2.24, 2.45) is 0 Å². The summed E-state index contributed by atoms with van der Waals surface area (Å²) in [5.41, 5.74) is 2.67. The van der Waals surface area contributed by atoms with Gasteiger partial charge in [0.05, 0.1) is 0 Å². The average molecular weight is 356 g/mol. The number of hydrogen-bond acceptors (Lipinski definition) is 4. The first kappa shape index (κ1) is 19.4. The molecule has 1 amide bonds. The van der Waals surface area contributed by atoms with Crippen molar-refractivity contribution in [3.05, 3.63) is 50.1 Å². The Bertz CT molecular complexity index is 724. The first-order valence-corrected chi connectivity index (χ1v) is 8.10. The van der Waals surface area contributed by atoms with Gasteiger partial charge in [-0.05, 0) is 32.0 Å². The summed E-state index contributed by atoms with van der Waals surface area (Å²) in [5, 5.41) is 6.14. The van der Waals surface area contributed by atoms with E-state index in [1.807, 2.05) is 45.0 Å². The Morgan fingerprint density at radius 2 is 1.96 bits per heavy atom. The zero-order chi connectivity index (χ0) is 16.1. The first-order chi connectivity index (χ1) is 10.5. The lowest BCUT2D eigenvalue weighted by Crippen LogP contribution is -2.26. The molecule has 0 spiro atoms. The van der Waals surface area contributed by atoms with E-state index in [4.69, 9.17) is 0 Å². The maximum Gasteiger partial charge on any atom is 0.308 e. The van der Waals surface area contributed by atoms with Crippen molar-refractivity contribution in [2.45, 2.75) is 33.9 Å². The molecule has 0 radical (unpaired) electrons. The van der Waals surface area contributed by atoms with E-state index >= 15 is 0 Å². The molecular formula is C16H22ClN3O2S. The van der Waals surface area contributed by atoms with Crippen LogP contribution < -0.4 is 15.5 Å². The number of nitrogens with one attached hydrogen (secondary N) is 2. The number of nitrogens with zero attached hydrogens (tertiary/aromatic N) is 1. The van der Waals surface area contributed by atoms with Crippen LogP contribution >= 0.6 is 23.7 Å². The van der Waals surface area contributed by atoms with Gasteiger partial charge in [0.25, 0.3) is 0 Å². The highest BCUT2D eigenvalue weighted by Crippen LogP contribution is 2.15.